The van der Waals surface area contributed by atoms with Crippen molar-refractivity contribution in [3.8, 4) is 11.5 Å². The van der Waals surface area contributed by atoms with Crippen LogP contribution in [0.15, 0.2) is 60.8 Å². The third kappa shape index (κ3) is 4.56. The number of hydrogen-bond acceptors (Lipinski definition) is 4. The molecule has 0 aliphatic carbocycles. The Morgan fingerprint density at radius 3 is 2.38 bits per heavy atom. The molecule has 1 aromatic heterocycles. The van der Waals surface area contributed by atoms with Crippen LogP contribution in [0.1, 0.15) is 0 Å². The molecule has 1 heterocycles. The highest BCUT2D eigenvalue weighted by molar-refractivity contribution is 6.44. The Morgan fingerprint density at radius 1 is 0.962 bits per heavy atom. The number of amides is 2. The largest absolute Gasteiger partial charge is 0.456 e. The average molecular weight is 389 g/mol. The van der Waals surface area contributed by atoms with E-state index in [0.717, 1.165) is 0 Å². The van der Waals surface area contributed by atoms with Crippen LogP contribution in [0, 0.1) is 0 Å². The highest BCUT2D eigenvalue weighted by Crippen LogP contribution is 2.29. The van der Waals surface area contributed by atoms with E-state index in [-0.39, 0.29) is 5.02 Å². The molecule has 0 spiro atoms. The van der Waals surface area contributed by atoms with E-state index in [9.17, 15) is 4.79 Å². The number of nitrogens with one attached hydrogen (secondary N) is 2. The van der Waals surface area contributed by atoms with Crippen LogP contribution in [0.2, 0.25) is 10.0 Å². The second-order valence-electron chi connectivity index (χ2n) is 5.23. The zero-order valence-electron chi connectivity index (χ0n) is 13.4. The molecule has 0 fully saturated rings. The Hall–Kier alpha value is -2.96. The molecule has 0 aliphatic heterocycles. The molecule has 4 N–H and O–H groups in total. The number of nitrogen functional groups attached to an aromatic ring is 1. The van der Waals surface area contributed by atoms with Gasteiger partial charge in [-0.3, -0.25) is 0 Å². The van der Waals surface area contributed by atoms with E-state index < -0.39 is 6.03 Å². The summed E-state index contributed by atoms with van der Waals surface area (Å²) in [6, 6.07) is 14.8. The third-order valence-corrected chi connectivity index (χ3v) is 4.13. The topological polar surface area (TPSA) is 89.3 Å². The Morgan fingerprint density at radius 2 is 1.69 bits per heavy atom. The fraction of sp³-hybridized carbons (Fsp3) is 0. The molecule has 0 saturated heterocycles. The van der Waals surface area contributed by atoms with Gasteiger partial charge in [0.1, 0.15) is 17.3 Å². The molecule has 0 radical (unpaired) electrons. The van der Waals surface area contributed by atoms with Crippen molar-refractivity contribution in [2.75, 3.05) is 16.4 Å². The Bertz CT molecular complexity index is 915. The van der Waals surface area contributed by atoms with Crippen LogP contribution in [0.25, 0.3) is 0 Å². The first-order valence-electron chi connectivity index (χ1n) is 7.53. The first-order valence-corrected chi connectivity index (χ1v) is 8.28. The average Bonchev–Trinajstić information content (AvgIpc) is 2.62. The van der Waals surface area contributed by atoms with E-state index in [1.807, 2.05) is 0 Å². The van der Waals surface area contributed by atoms with Crippen molar-refractivity contribution in [2.45, 2.75) is 0 Å². The van der Waals surface area contributed by atoms with Crippen molar-refractivity contribution >= 4 is 46.4 Å². The normalized spacial score (nSPS) is 10.2. The molecule has 6 nitrogen and oxygen atoms in total. The number of benzene rings is 2. The summed E-state index contributed by atoms with van der Waals surface area (Å²) in [6.07, 6.45) is 1.53. The van der Waals surface area contributed by atoms with Crippen LogP contribution in [-0.4, -0.2) is 11.0 Å². The van der Waals surface area contributed by atoms with Gasteiger partial charge in [0, 0.05) is 5.69 Å². The third-order valence-electron chi connectivity index (χ3n) is 3.31. The maximum Gasteiger partial charge on any atom is 0.323 e. The smallest absolute Gasteiger partial charge is 0.323 e. The SMILES string of the molecule is Nc1ccc(Oc2ccc(NC(=O)Nc3cccc(Cl)c3Cl)cc2)cn1. The fourth-order valence-corrected chi connectivity index (χ4v) is 2.43. The van der Waals surface area contributed by atoms with Crippen molar-refractivity contribution in [2.24, 2.45) is 0 Å². The Labute approximate surface area is 159 Å². The molecule has 8 heteroatoms. The molecule has 0 atom stereocenters. The van der Waals surface area contributed by atoms with Crippen molar-refractivity contribution in [3.05, 3.63) is 70.8 Å². The van der Waals surface area contributed by atoms with Crippen molar-refractivity contribution < 1.29 is 9.53 Å². The first kappa shape index (κ1) is 17.8. The zero-order chi connectivity index (χ0) is 18.5. The number of carbonyl (C=O) groups excluding carboxylic acids is 1. The molecular formula is C18H14Cl2N4O2. The van der Waals surface area contributed by atoms with E-state index in [4.69, 9.17) is 33.7 Å². The lowest BCUT2D eigenvalue weighted by molar-refractivity contribution is 0.262. The van der Waals surface area contributed by atoms with Crippen LogP contribution >= 0.6 is 23.2 Å². The van der Waals surface area contributed by atoms with Gasteiger partial charge in [-0.05, 0) is 48.5 Å². The maximum absolute atomic E-state index is 12.1. The predicted molar refractivity (Wildman–Crippen MR) is 104 cm³/mol. The number of ether oxygens (including phenoxy) is 1. The molecule has 132 valence electrons. The molecule has 2 aromatic carbocycles. The molecule has 0 aliphatic rings. The standard InChI is InChI=1S/C18H14Cl2N4O2/c19-14-2-1-3-15(17(14)20)24-18(25)23-11-4-6-12(7-5-11)26-13-8-9-16(21)22-10-13/h1-10H,(H2,21,22)(H2,23,24,25). The summed E-state index contributed by atoms with van der Waals surface area (Å²) >= 11 is 12.0. The predicted octanol–water partition coefficient (Wildman–Crippen LogP) is 5.41. The molecule has 26 heavy (non-hydrogen) atoms. The number of halogens is 2. The summed E-state index contributed by atoms with van der Waals surface area (Å²) in [4.78, 5) is 16.0. The molecular weight excluding hydrogens is 375 g/mol. The molecule has 0 unspecified atom stereocenters. The second-order valence-corrected chi connectivity index (χ2v) is 6.01. The monoisotopic (exact) mass is 388 g/mol. The van der Waals surface area contributed by atoms with Gasteiger partial charge < -0.3 is 21.1 Å². The Kier molecular flexibility index (Phi) is 5.46. The lowest BCUT2D eigenvalue weighted by Crippen LogP contribution is -2.19. The van der Waals surface area contributed by atoms with Gasteiger partial charge in [-0.15, -0.1) is 0 Å². The minimum atomic E-state index is -0.439. The van der Waals surface area contributed by atoms with Gasteiger partial charge in [0.05, 0.1) is 21.9 Å². The van der Waals surface area contributed by atoms with Gasteiger partial charge >= 0.3 is 6.03 Å². The van der Waals surface area contributed by atoms with Gasteiger partial charge in [-0.2, -0.15) is 0 Å². The molecule has 0 bridgehead atoms. The fourth-order valence-electron chi connectivity index (χ4n) is 2.08. The Balaban J connectivity index is 1.60. The summed E-state index contributed by atoms with van der Waals surface area (Å²) in [6.45, 7) is 0. The maximum atomic E-state index is 12.1. The highest BCUT2D eigenvalue weighted by Gasteiger charge is 2.08. The number of aromatic nitrogens is 1. The summed E-state index contributed by atoms with van der Waals surface area (Å²) in [7, 11) is 0. The van der Waals surface area contributed by atoms with E-state index in [0.29, 0.717) is 33.7 Å². The first-order chi connectivity index (χ1) is 12.5. The van der Waals surface area contributed by atoms with Crippen LogP contribution in [0.4, 0.5) is 22.0 Å². The quantitative estimate of drug-likeness (QED) is 0.557. The van der Waals surface area contributed by atoms with Crippen LogP contribution in [0.5, 0.6) is 11.5 Å². The number of urea groups is 1. The van der Waals surface area contributed by atoms with Gasteiger partial charge in [0.25, 0.3) is 0 Å². The van der Waals surface area contributed by atoms with Gasteiger partial charge in [-0.25, -0.2) is 9.78 Å². The number of nitrogens with two attached hydrogens (primary N) is 1. The number of pyridine rings is 1. The molecule has 0 saturated carbocycles. The van der Waals surface area contributed by atoms with E-state index in [1.54, 1.807) is 54.6 Å². The van der Waals surface area contributed by atoms with E-state index in [2.05, 4.69) is 15.6 Å². The van der Waals surface area contributed by atoms with Gasteiger partial charge in [0.2, 0.25) is 0 Å². The van der Waals surface area contributed by atoms with Crippen LogP contribution in [0.3, 0.4) is 0 Å². The highest BCUT2D eigenvalue weighted by atomic mass is 35.5. The summed E-state index contributed by atoms with van der Waals surface area (Å²) in [5, 5.41) is 5.99. The number of nitrogens with zero attached hydrogens (tertiary/aromatic N) is 1. The second kappa shape index (κ2) is 7.95. The summed E-state index contributed by atoms with van der Waals surface area (Å²) in [5.74, 6) is 1.58. The van der Waals surface area contributed by atoms with Crippen LogP contribution < -0.4 is 21.1 Å². The van der Waals surface area contributed by atoms with Gasteiger partial charge in [0.15, 0.2) is 0 Å². The number of anilines is 3. The van der Waals surface area contributed by atoms with Crippen LogP contribution in [-0.2, 0) is 0 Å². The number of hydrogen-bond donors (Lipinski definition) is 3. The van der Waals surface area contributed by atoms with Crippen molar-refractivity contribution in [3.63, 3.8) is 0 Å². The summed E-state index contributed by atoms with van der Waals surface area (Å²) < 4.78 is 5.64. The minimum absolute atomic E-state index is 0.283. The molecule has 3 aromatic rings. The molecule has 2 amide bonds. The van der Waals surface area contributed by atoms with E-state index >= 15 is 0 Å². The van der Waals surface area contributed by atoms with Crippen molar-refractivity contribution in [1.29, 1.82) is 0 Å². The van der Waals surface area contributed by atoms with E-state index in [1.165, 1.54) is 6.20 Å². The summed E-state index contributed by atoms with van der Waals surface area (Å²) in [5.41, 5.74) is 6.54. The van der Waals surface area contributed by atoms with Gasteiger partial charge in [-0.1, -0.05) is 29.3 Å². The lowest BCUT2D eigenvalue weighted by Gasteiger charge is -2.10. The zero-order valence-corrected chi connectivity index (χ0v) is 14.9. The number of rotatable bonds is 4. The van der Waals surface area contributed by atoms with Crippen molar-refractivity contribution in [1.82, 2.24) is 4.98 Å². The molecule has 3 rings (SSSR count). The minimum Gasteiger partial charge on any atom is -0.456 e. The lowest BCUT2D eigenvalue weighted by atomic mass is 10.3. The number of carbonyl (C=O) groups is 1.